The van der Waals surface area contributed by atoms with Crippen LogP contribution in [0.15, 0.2) is 0 Å². The summed E-state index contributed by atoms with van der Waals surface area (Å²) < 4.78 is 5.18. The molecule has 0 aliphatic carbocycles. The Morgan fingerprint density at radius 1 is 1.08 bits per heavy atom. The third-order valence-electron chi connectivity index (χ3n) is 1.86. The Morgan fingerprint density at radius 3 is 2.33 bits per heavy atom. The molecule has 0 amide bonds. The van der Waals surface area contributed by atoms with Gasteiger partial charge in [-0.3, -0.25) is 0 Å². The lowest BCUT2D eigenvalue weighted by atomic mass is 10.2. The summed E-state index contributed by atoms with van der Waals surface area (Å²) in [5.74, 6) is 0. The molecule has 0 aromatic heterocycles. The molecule has 12 heavy (non-hydrogen) atoms. The van der Waals surface area contributed by atoms with Crippen LogP contribution < -0.4 is 0 Å². The molecule has 0 aliphatic heterocycles. The van der Waals surface area contributed by atoms with Crippen LogP contribution in [0.4, 0.5) is 0 Å². The fourth-order valence-corrected chi connectivity index (χ4v) is 1.02. The van der Waals surface area contributed by atoms with E-state index in [9.17, 15) is 5.11 Å². The van der Waals surface area contributed by atoms with E-state index in [1.165, 1.54) is 12.8 Å². The third-order valence-corrected chi connectivity index (χ3v) is 1.86. The number of hydrogen-bond acceptors (Lipinski definition) is 2. The van der Waals surface area contributed by atoms with Crippen molar-refractivity contribution in [2.75, 3.05) is 6.61 Å². The molecule has 0 aromatic carbocycles. The molecule has 0 spiro atoms. The molecule has 0 saturated carbocycles. The standard InChI is InChI=1S/C10H22O2/c1-3-5-7-8-10(11)12-9-6-4-2/h10-11H,3-9H2,1-2H3. The van der Waals surface area contributed by atoms with Crippen LogP contribution in [-0.4, -0.2) is 18.0 Å². The van der Waals surface area contributed by atoms with Gasteiger partial charge in [-0.25, -0.2) is 0 Å². The van der Waals surface area contributed by atoms with E-state index in [0.29, 0.717) is 6.61 Å². The van der Waals surface area contributed by atoms with E-state index in [1.54, 1.807) is 0 Å². The smallest absolute Gasteiger partial charge is 0.154 e. The van der Waals surface area contributed by atoms with Crippen molar-refractivity contribution in [2.45, 2.75) is 58.7 Å². The minimum atomic E-state index is -0.525. The zero-order valence-corrected chi connectivity index (χ0v) is 8.38. The molecular formula is C10H22O2. The number of unbranched alkanes of at least 4 members (excludes halogenated alkanes) is 3. The predicted molar refractivity (Wildman–Crippen MR) is 51.0 cm³/mol. The van der Waals surface area contributed by atoms with Gasteiger partial charge in [-0.1, -0.05) is 33.1 Å². The van der Waals surface area contributed by atoms with Gasteiger partial charge in [0.15, 0.2) is 6.29 Å². The molecule has 1 unspecified atom stereocenters. The van der Waals surface area contributed by atoms with E-state index < -0.39 is 6.29 Å². The molecule has 0 aromatic rings. The number of rotatable bonds is 8. The molecule has 0 radical (unpaired) electrons. The largest absolute Gasteiger partial charge is 0.368 e. The fourth-order valence-electron chi connectivity index (χ4n) is 1.02. The highest BCUT2D eigenvalue weighted by Gasteiger charge is 2.01. The number of aliphatic hydroxyl groups excluding tert-OH is 1. The van der Waals surface area contributed by atoms with Crippen LogP contribution >= 0.6 is 0 Å². The molecule has 1 atom stereocenters. The van der Waals surface area contributed by atoms with Gasteiger partial charge in [0.05, 0.1) is 0 Å². The van der Waals surface area contributed by atoms with Crippen LogP contribution in [0, 0.1) is 0 Å². The van der Waals surface area contributed by atoms with E-state index in [4.69, 9.17) is 4.74 Å². The Bertz CT molecular complexity index is 73.9. The second-order valence-electron chi connectivity index (χ2n) is 3.17. The minimum Gasteiger partial charge on any atom is -0.368 e. The highest BCUT2D eigenvalue weighted by molar-refractivity contribution is 4.44. The highest BCUT2D eigenvalue weighted by Crippen LogP contribution is 2.04. The van der Waals surface area contributed by atoms with Gasteiger partial charge < -0.3 is 9.84 Å². The van der Waals surface area contributed by atoms with Gasteiger partial charge in [0.25, 0.3) is 0 Å². The van der Waals surface area contributed by atoms with Crippen LogP contribution in [0.2, 0.25) is 0 Å². The summed E-state index contributed by atoms with van der Waals surface area (Å²) in [5, 5.41) is 9.28. The van der Waals surface area contributed by atoms with E-state index in [0.717, 1.165) is 25.7 Å². The van der Waals surface area contributed by atoms with Gasteiger partial charge >= 0.3 is 0 Å². The summed E-state index contributed by atoms with van der Waals surface area (Å²) in [4.78, 5) is 0. The minimum absolute atomic E-state index is 0.525. The predicted octanol–water partition coefficient (Wildman–Crippen LogP) is 2.70. The summed E-state index contributed by atoms with van der Waals surface area (Å²) in [6, 6.07) is 0. The zero-order chi connectivity index (χ0) is 9.23. The van der Waals surface area contributed by atoms with Gasteiger partial charge in [0.2, 0.25) is 0 Å². The number of aliphatic hydroxyl groups is 1. The van der Waals surface area contributed by atoms with Crippen LogP contribution in [0.5, 0.6) is 0 Å². The lowest BCUT2D eigenvalue weighted by Gasteiger charge is -2.10. The average molecular weight is 174 g/mol. The Kier molecular flexibility index (Phi) is 8.95. The number of hydrogen-bond donors (Lipinski definition) is 1. The van der Waals surface area contributed by atoms with E-state index >= 15 is 0 Å². The maximum absolute atomic E-state index is 9.28. The molecule has 0 heterocycles. The molecule has 2 heteroatoms. The summed E-state index contributed by atoms with van der Waals surface area (Å²) in [6.45, 7) is 4.97. The Morgan fingerprint density at radius 2 is 1.75 bits per heavy atom. The van der Waals surface area contributed by atoms with Gasteiger partial charge in [0.1, 0.15) is 0 Å². The van der Waals surface area contributed by atoms with Crippen molar-refractivity contribution < 1.29 is 9.84 Å². The van der Waals surface area contributed by atoms with Crippen molar-refractivity contribution >= 4 is 0 Å². The monoisotopic (exact) mass is 174 g/mol. The zero-order valence-electron chi connectivity index (χ0n) is 8.38. The van der Waals surface area contributed by atoms with Crippen LogP contribution in [0.25, 0.3) is 0 Å². The fraction of sp³-hybridized carbons (Fsp3) is 1.00. The Balaban J connectivity index is 3.04. The van der Waals surface area contributed by atoms with Crippen molar-refractivity contribution in [3.05, 3.63) is 0 Å². The molecule has 74 valence electrons. The first kappa shape index (κ1) is 11.9. The summed E-state index contributed by atoms with van der Waals surface area (Å²) in [7, 11) is 0. The first-order valence-electron chi connectivity index (χ1n) is 5.11. The second kappa shape index (κ2) is 9.01. The molecule has 0 bridgehead atoms. The van der Waals surface area contributed by atoms with E-state index in [-0.39, 0.29) is 0 Å². The summed E-state index contributed by atoms with van der Waals surface area (Å²) in [5.41, 5.74) is 0. The third kappa shape index (κ3) is 8.02. The van der Waals surface area contributed by atoms with E-state index in [1.807, 2.05) is 0 Å². The second-order valence-corrected chi connectivity index (χ2v) is 3.17. The highest BCUT2D eigenvalue weighted by atomic mass is 16.6. The topological polar surface area (TPSA) is 29.5 Å². The molecule has 1 N–H and O–H groups in total. The lowest BCUT2D eigenvalue weighted by molar-refractivity contribution is -0.104. The van der Waals surface area contributed by atoms with Gasteiger partial charge in [-0.2, -0.15) is 0 Å². The maximum Gasteiger partial charge on any atom is 0.154 e. The first-order chi connectivity index (χ1) is 5.81. The molecule has 2 nitrogen and oxygen atoms in total. The van der Waals surface area contributed by atoms with Gasteiger partial charge in [-0.05, 0) is 19.3 Å². The molecule has 0 aliphatic rings. The Hall–Kier alpha value is -0.0800. The molecule has 0 rings (SSSR count). The van der Waals surface area contributed by atoms with E-state index in [2.05, 4.69) is 13.8 Å². The van der Waals surface area contributed by atoms with Gasteiger partial charge in [-0.15, -0.1) is 0 Å². The SMILES string of the molecule is CCCCCC(O)OCCCC. The van der Waals surface area contributed by atoms with Gasteiger partial charge in [0, 0.05) is 6.61 Å². The summed E-state index contributed by atoms with van der Waals surface area (Å²) >= 11 is 0. The van der Waals surface area contributed by atoms with Crippen molar-refractivity contribution in [3.8, 4) is 0 Å². The maximum atomic E-state index is 9.28. The van der Waals surface area contributed by atoms with Crippen LogP contribution in [0.3, 0.4) is 0 Å². The molecule has 0 fully saturated rings. The van der Waals surface area contributed by atoms with Crippen molar-refractivity contribution in [3.63, 3.8) is 0 Å². The van der Waals surface area contributed by atoms with Crippen molar-refractivity contribution in [1.29, 1.82) is 0 Å². The van der Waals surface area contributed by atoms with Crippen LogP contribution in [-0.2, 0) is 4.74 Å². The molecular weight excluding hydrogens is 152 g/mol. The molecule has 0 saturated heterocycles. The average Bonchev–Trinajstić information content (AvgIpc) is 2.06. The number of ether oxygens (including phenoxy) is 1. The lowest BCUT2D eigenvalue weighted by Crippen LogP contribution is -2.12. The van der Waals surface area contributed by atoms with Crippen molar-refractivity contribution in [2.24, 2.45) is 0 Å². The quantitative estimate of drug-likeness (QED) is 0.453. The van der Waals surface area contributed by atoms with Crippen molar-refractivity contribution in [1.82, 2.24) is 0 Å². The Labute approximate surface area is 75.9 Å². The summed E-state index contributed by atoms with van der Waals surface area (Å²) in [6.07, 6.45) is 5.90. The van der Waals surface area contributed by atoms with Crippen LogP contribution in [0.1, 0.15) is 52.4 Å². The normalized spacial score (nSPS) is 13.2. The first-order valence-corrected chi connectivity index (χ1v) is 5.11.